The molecule has 3 unspecified atom stereocenters. The molecule has 0 bridgehead atoms. The van der Waals surface area contributed by atoms with Crippen LogP contribution in [0.25, 0.3) is 0 Å². The molecule has 1 aliphatic carbocycles. The molecule has 2 aliphatic rings. The van der Waals surface area contributed by atoms with Crippen LogP contribution in [0.2, 0.25) is 0 Å². The van der Waals surface area contributed by atoms with E-state index in [9.17, 15) is 0 Å². The Kier molecular flexibility index (Phi) is 4.14. The normalized spacial score (nSPS) is 38.8. The fourth-order valence-electron chi connectivity index (χ4n) is 2.63. The molecule has 0 aromatic rings. The van der Waals surface area contributed by atoms with Crippen LogP contribution in [-0.2, 0) is 0 Å². The second-order valence-corrected chi connectivity index (χ2v) is 5.72. The van der Waals surface area contributed by atoms with Gasteiger partial charge in [0.25, 0.3) is 0 Å². The summed E-state index contributed by atoms with van der Waals surface area (Å²) in [4.78, 5) is 0. The Morgan fingerprint density at radius 2 is 2.14 bits per heavy atom. The van der Waals surface area contributed by atoms with Crippen molar-refractivity contribution in [3.8, 4) is 0 Å². The van der Waals surface area contributed by atoms with Gasteiger partial charge in [-0.05, 0) is 44.9 Å². The summed E-state index contributed by atoms with van der Waals surface area (Å²) in [5.74, 6) is 0. The van der Waals surface area contributed by atoms with E-state index >= 15 is 0 Å². The molecule has 2 nitrogen and oxygen atoms in total. The molecule has 1 aliphatic heterocycles. The average Bonchev–Trinajstić information content (AvgIpc) is 2.67. The van der Waals surface area contributed by atoms with Gasteiger partial charge in [0.15, 0.2) is 0 Å². The van der Waals surface area contributed by atoms with Crippen molar-refractivity contribution in [3.63, 3.8) is 0 Å². The Balaban J connectivity index is 1.69. The Morgan fingerprint density at radius 3 is 2.79 bits per heavy atom. The molecule has 0 amide bonds. The van der Waals surface area contributed by atoms with Crippen LogP contribution >= 0.6 is 11.8 Å². The third kappa shape index (κ3) is 2.88. The first-order valence-electron chi connectivity index (χ1n) is 5.88. The first kappa shape index (κ1) is 10.8. The first-order chi connectivity index (χ1) is 6.88. The fourth-order valence-corrected chi connectivity index (χ4v) is 3.43. The van der Waals surface area contributed by atoms with Crippen molar-refractivity contribution in [3.05, 3.63) is 0 Å². The summed E-state index contributed by atoms with van der Waals surface area (Å²) < 4.78 is 0. The molecule has 2 N–H and O–H groups in total. The summed E-state index contributed by atoms with van der Waals surface area (Å²) in [6.45, 7) is 2.40. The van der Waals surface area contributed by atoms with Gasteiger partial charge in [-0.3, -0.25) is 0 Å². The van der Waals surface area contributed by atoms with Crippen LogP contribution in [0.3, 0.4) is 0 Å². The molecule has 3 atom stereocenters. The largest absolute Gasteiger partial charge is 0.315 e. The number of nitrogens with one attached hydrogen (secondary N) is 2. The lowest BCUT2D eigenvalue weighted by molar-refractivity contribution is 0.351. The fraction of sp³-hybridized carbons (Fsp3) is 1.00. The van der Waals surface area contributed by atoms with E-state index in [-0.39, 0.29) is 0 Å². The van der Waals surface area contributed by atoms with Crippen LogP contribution in [0.1, 0.15) is 32.1 Å². The van der Waals surface area contributed by atoms with Crippen LogP contribution in [0.5, 0.6) is 0 Å². The summed E-state index contributed by atoms with van der Waals surface area (Å²) in [7, 11) is 0. The highest BCUT2D eigenvalue weighted by Crippen LogP contribution is 2.28. The molecule has 1 saturated carbocycles. The van der Waals surface area contributed by atoms with Gasteiger partial charge in [-0.2, -0.15) is 11.8 Å². The van der Waals surface area contributed by atoms with Crippen LogP contribution in [0, 0.1) is 0 Å². The van der Waals surface area contributed by atoms with E-state index in [1.54, 1.807) is 0 Å². The molecular weight excluding hydrogens is 192 g/mol. The van der Waals surface area contributed by atoms with E-state index in [0.29, 0.717) is 0 Å². The summed E-state index contributed by atoms with van der Waals surface area (Å²) in [5.41, 5.74) is 0. The molecule has 2 fully saturated rings. The standard InChI is InChI=1S/C11H22N2S/c1-14-11-5-4-9(7-11)13-10-3-2-6-12-8-10/h9-13H,2-8H2,1H3. The van der Waals surface area contributed by atoms with E-state index in [1.807, 2.05) is 11.8 Å². The molecule has 1 saturated heterocycles. The SMILES string of the molecule is CSC1CCC(NC2CCCNC2)C1. The number of hydrogen-bond donors (Lipinski definition) is 2. The van der Waals surface area contributed by atoms with Crippen LogP contribution in [0.4, 0.5) is 0 Å². The van der Waals surface area contributed by atoms with Crippen molar-refractivity contribution in [2.45, 2.75) is 49.4 Å². The van der Waals surface area contributed by atoms with Gasteiger partial charge in [0.05, 0.1) is 0 Å². The minimum absolute atomic E-state index is 0.745. The van der Waals surface area contributed by atoms with Crippen molar-refractivity contribution < 1.29 is 0 Å². The van der Waals surface area contributed by atoms with E-state index < -0.39 is 0 Å². The van der Waals surface area contributed by atoms with Crippen LogP contribution < -0.4 is 10.6 Å². The zero-order valence-corrected chi connectivity index (χ0v) is 9.91. The zero-order valence-electron chi connectivity index (χ0n) is 9.09. The number of rotatable bonds is 3. The third-order valence-electron chi connectivity index (χ3n) is 3.49. The van der Waals surface area contributed by atoms with Crippen molar-refractivity contribution in [2.24, 2.45) is 0 Å². The highest BCUT2D eigenvalue weighted by atomic mass is 32.2. The molecule has 0 aromatic carbocycles. The maximum absolute atomic E-state index is 3.81. The number of thioether (sulfide) groups is 1. The van der Waals surface area contributed by atoms with Gasteiger partial charge in [0.1, 0.15) is 0 Å². The molecule has 0 spiro atoms. The third-order valence-corrected chi connectivity index (χ3v) is 4.58. The smallest absolute Gasteiger partial charge is 0.0195 e. The summed E-state index contributed by atoms with van der Waals surface area (Å²) in [6.07, 6.45) is 9.15. The highest BCUT2D eigenvalue weighted by Gasteiger charge is 2.26. The summed E-state index contributed by atoms with van der Waals surface area (Å²) >= 11 is 2.04. The van der Waals surface area contributed by atoms with Gasteiger partial charge in [-0.25, -0.2) is 0 Å². The van der Waals surface area contributed by atoms with Gasteiger partial charge in [-0.15, -0.1) is 0 Å². The molecule has 2 rings (SSSR count). The average molecular weight is 214 g/mol. The van der Waals surface area contributed by atoms with E-state index in [4.69, 9.17) is 0 Å². The lowest BCUT2D eigenvalue weighted by atomic mass is 10.1. The van der Waals surface area contributed by atoms with Crippen molar-refractivity contribution in [1.82, 2.24) is 10.6 Å². The van der Waals surface area contributed by atoms with Crippen LogP contribution in [-0.4, -0.2) is 36.7 Å². The quantitative estimate of drug-likeness (QED) is 0.746. The van der Waals surface area contributed by atoms with Gasteiger partial charge in [0.2, 0.25) is 0 Å². The second-order valence-electron chi connectivity index (χ2n) is 4.58. The summed E-state index contributed by atoms with van der Waals surface area (Å²) in [5, 5.41) is 8.19. The van der Waals surface area contributed by atoms with E-state index in [2.05, 4.69) is 16.9 Å². The maximum Gasteiger partial charge on any atom is 0.0195 e. The maximum atomic E-state index is 3.81. The molecule has 0 radical (unpaired) electrons. The lowest BCUT2D eigenvalue weighted by Gasteiger charge is -2.27. The Bertz CT molecular complexity index is 169. The zero-order chi connectivity index (χ0) is 9.80. The van der Waals surface area contributed by atoms with E-state index in [0.717, 1.165) is 17.3 Å². The van der Waals surface area contributed by atoms with Crippen molar-refractivity contribution in [1.29, 1.82) is 0 Å². The Labute approximate surface area is 91.6 Å². The first-order valence-corrected chi connectivity index (χ1v) is 7.17. The monoisotopic (exact) mass is 214 g/mol. The van der Waals surface area contributed by atoms with Gasteiger partial charge < -0.3 is 10.6 Å². The van der Waals surface area contributed by atoms with Crippen molar-refractivity contribution in [2.75, 3.05) is 19.3 Å². The molecule has 82 valence electrons. The minimum atomic E-state index is 0.745. The molecule has 0 aromatic heterocycles. The van der Waals surface area contributed by atoms with E-state index in [1.165, 1.54) is 45.2 Å². The van der Waals surface area contributed by atoms with Crippen LogP contribution in [0.15, 0.2) is 0 Å². The topological polar surface area (TPSA) is 24.1 Å². The summed E-state index contributed by atoms with van der Waals surface area (Å²) in [6, 6.07) is 1.55. The lowest BCUT2D eigenvalue weighted by Crippen LogP contribution is -2.46. The van der Waals surface area contributed by atoms with Gasteiger partial charge >= 0.3 is 0 Å². The number of hydrogen-bond acceptors (Lipinski definition) is 3. The highest BCUT2D eigenvalue weighted by molar-refractivity contribution is 7.99. The van der Waals surface area contributed by atoms with Gasteiger partial charge in [0, 0.05) is 23.9 Å². The Hall–Kier alpha value is 0.270. The van der Waals surface area contributed by atoms with Crippen molar-refractivity contribution >= 4 is 11.8 Å². The predicted molar refractivity (Wildman–Crippen MR) is 64.0 cm³/mol. The molecule has 3 heteroatoms. The van der Waals surface area contributed by atoms with Gasteiger partial charge in [-0.1, -0.05) is 0 Å². The minimum Gasteiger partial charge on any atom is -0.315 e. The predicted octanol–water partition coefficient (Wildman–Crippen LogP) is 1.61. The second kappa shape index (κ2) is 5.38. The Morgan fingerprint density at radius 1 is 1.21 bits per heavy atom. The molecular formula is C11H22N2S. The molecule has 14 heavy (non-hydrogen) atoms. The number of piperidine rings is 1. The molecule has 1 heterocycles.